The van der Waals surface area contributed by atoms with Gasteiger partial charge in [0.1, 0.15) is 5.70 Å². The molecule has 1 unspecified atom stereocenters. The first-order valence-electron chi connectivity index (χ1n) is 6.82. The predicted octanol–water partition coefficient (Wildman–Crippen LogP) is 3.87. The molecular weight excluding hydrogens is 285 g/mol. The molecule has 2 rings (SSSR count). The Bertz CT molecular complexity index is 298. The molecule has 0 bridgehead atoms. The molecule has 0 aromatic carbocycles. The van der Waals surface area contributed by atoms with Gasteiger partial charge >= 0.3 is 0 Å². The molecular formula is C15H26NZr+. The molecule has 17 heavy (non-hydrogen) atoms. The van der Waals surface area contributed by atoms with Crippen molar-refractivity contribution in [2.75, 3.05) is 14.1 Å². The second-order valence-electron chi connectivity index (χ2n) is 5.97. The molecule has 0 heterocycles. The maximum atomic E-state index is 2.45. The molecule has 0 N–H and O–H groups in total. The average Bonchev–Trinajstić information content (AvgIpc) is 2.83. The van der Waals surface area contributed by atoms with Crippen LogP contribution in [0, 0.1) is 5.92 Å². The monoisotopic (exact) mass is 310 g/mol. The Morgan fingerprint density at radius 2 is 1.82 bits per heavy atom. The Labute approximate surface area is 126 Å². The molecule has 0 spiro atoms. The van der Waals surface area contributed by atoms with E-state index in [2.05, 4.69) is 39.2 Å². The molecule has 2 aliphatic rings. The molecule has 1 atom stereocenters. The zero-order valence-corrected chi connectivity index (χ0v) is 14.0. The smallest absolute Gasteiger partial charge is 0.112 e. The van der Waals surface area contributed by atoms with Gasteiger partial charge in [0.05, 0.1) is 20.1 Å². The fraction of sp³-hybridized carbons (Fsp3) is 0.733. The van der Waals surface area contributed by atoms with Crippen molar-refractivity contribution in [2.45, 2.75) is 51.5 Å². The van der Waals surface area contributed by atoms with Crippen molar-refractivity contribution in [3.05, 3.63) is 23.9 Å². The van der Waals surface area contributed by atoms with E-state index in [9.17, 15) is 0 Å². The molecule has 0 amide bonds. The van der Waals surface area contributed by atoms with E-state index in [0.717, 1.165) is 22.9 Å². The summed E-state index contributed by atoms with van der Waals surface area (Å²) in [5.74, 6) is 0.935. The van der Waals surface area contributed by atoms with Crippen LogP contribution in [-0.4, -0.2) is 24.6 Å². The van der Waals surface area contributed by atoms with Crippen molar-refractivity contribution in [1.29, 1.82) is 0 Å². The molecule has 0 aromatic rings. The van der Waals surface area contributed by atoms with Gasteiger partial charge in [-0.25, -0.2) is 0 Å². The Kier molecular flexibility index (Phi) is 5.86. The maximum Gasteiger partial charge on any atom is 0.112 e. The Balaban J connectivity index is 0.00000144. The minimum absolute atomic E-state index is 0. The van der Waals surface area contributed by atoms with Crippen LogP contribution < -0.4 is 0 Å². The zero-order chi connectivity index (χ0) is 11.6. The fourth-order valence-electron chi connectivity index (χ4n) is 3.27. The van der Waals surface area contributed by atoms with Crippen LogP contribution in [-0.2, 0) is 26.2 Å². The Morgan fingerprint density at radius 3 is 2.35 bits per heavy atom. The topological polar surface area (TPSA) is 0 Å². The van der Waals surface area contributed by atoms with Gasteiger partial charge < -0.3 is 0 Å². The van der Waals surface area contributed by atoms with Gasteiger partial charge in [-0.15, -0.1) is 0 Å². The third kappa shape index (κ3) is 3.41. The summed E-state index contributed by atoms with van der Waals surface area (Å²) in [6.07, 6.45) is 15.2. The van der Waals surface area contributed by atoms with Crippen LogP contribution in [0.1, 0.15) is 45.4 Å². The Morgan fingerprint density at radius 1 is 1.18 bits per heavy atom. The number of hydrogen-bond donors (Lipinski definition) is 0. The number of allylic oxidation sites excluding steroid dienone is 3. The summed E-state index contributed by atoms with van der Waals surface area (Å²) in [5, 5.41) is 0. The molecule has 94 valence electrons. The van der Waals surface area contributed by atoms with Crippen molar-refractivity contribution >= 4 is 0 Å². The number of quaternary nitrogens is 1. The van der Waals surface area contributed by atoms with E-state index in [-0.39, 0.29) is 26.2 Å². The second kappa shape index (κ2) is 6.48. The number of hydrogen-bond acceptors (Lipinski definition) is 0. The van der Waals surface area contributed by atoms with Crippen molar-refractivity contribution in [3.8, 4) is 0 Å². The molecule has 1 saturated carbocycles. The van der Waals surface area contributed by atoms with Crippen LogP contribution in [0.2, 0.25) is 0 Å². The zero-order valence-electron chi connectivity index (χ0n) is 11.6. The number of rotatable bonds is 3. The van der Waals surface area contributed by atoms with Crippen LogP contribution in [0.4, 0.5) is 0 Å². The van der Waals surface area contributed by atoms with E-state index in [1.165, 1.54) is 32.1 Å². The summed E-state index contributed by atoms with van der Waals surface area (Å²) < 4.78 is 1.09. The summed E-state index contributed by atoms with van der Waals surface area (Å²) in [7, 11) is 4.77. The van der Waals surface area contributed by atoms with Crippen LogP contribution >= 0.6 is 0 Å². The van der Waals surface area contributed by atoms with Crippen molar-refractivity contribution in [1.82, 2.24) is 0 Å². The van der Waals surface area contributed by atoms with Crippen molar-refractivity contribution in [2.24, 2.45) is 5.92 Å². The van der Waals surface area contributed by atoms with Gasteiger partial charge in [0.15, 0.2) is 0 Å². The number of nitrogens with zero attached hydrogens (tertiary/aromatic N) is 1. The quantitative estimate of drug-likeness (QED) is 0.694. The summed E-state index contributed by atoms with van der Waals surface area (Å²) >= 11 is 0. The van der Waals surface area contributed by atoms with E-state index >= 15 is 0 Å². The third-order valence-corrected chi connectivity index (χ3v) is 4.84. The summed E-state index contributed by atoms with van der Waals surface area (Å²) in [4.78, 5) is 0. The van der Waals surface area contributed by atoms with E-state index < -0.39 is 0 Å². The fourth-order valence-corrected chi connectivity index (χ4v) is 3.27. The summed E-state index contributed by atoms with van der Waals surface area (Å²) in [6, 6.07) is 0.770. The van der Waals surface area contributed by atoms with Gasteiger partial charge in [-0.1, -0.05) is 31.4 Å². The second-order valence-corrected chi connectivity index (χ2v) is 5.97. The van der Waals surface area contributed by atoms with Gasteiger partial charge in [-0.3, -0.25) is 4.48 Å². The van der Waals surface area contributed by atoms with E-state index in [0.29, 0.717) is 0 Å². The van der Waals surface area contributed by atoms with E-state index in [1.807, 2.05) is 0 Å². The predicted molar refractivity (Wildman–Crippen MR) is 70.0 cm³/mol. The van der Waals surface area contributed by atoms with Gasteiger partial charge in [-0.05, 0) is 25.8 Å². The summed E-state index contributed by atoms with van der Waals surface area (Å²) in [5.41, 5.74) is 1.58. The molecule has 0 aromatic heterocycles. The van der Waals surface area contributed by atoms with Crippen LogP contribution in [0.15, 0.2) is 23.9 Å². The molecule has 2 aliphatic carbocycles. The minimum Gasteiger partial charge on any atom is -0.297 e. The first-order valence-corrected chi connectivity index (χ1v) is 6.82. The normalized spacial score (nSPS) is 23.1. The molecule has 0 saturated heterocycles. The standard InChI is InChI=1S/C15H26N.Zr/c1-13(14-9-5-4-6-10-14)16(2,3)15-11-7-8-12-15;/h7-8,11,13-14H,4-6,9-10,12H2,1-3H3;/q+1;. The molecule has 0 aliphatic heterocycles. The van der Waals surface area contributed by atoms with Crippen LogP contribution in [0.3, 0.4) is 0 Å². The van der Waals surface area contributed by atoms with Gasteiger partial charge in [-0.2, -0.15) is 0 Å². The molecule has 1 nitrogen and oxygen atoms in total. The first kappa shape index (κ1) is 15.4. The molecule has 0 radical (unpaired) electrons. The third-order valence-electron chi connectivity index (χ3n) is 4.84. The average molecular weight is 312 g/mol. The van der Waals surface area contributed by atoms with Gasteiger partial charge in [0, 0.05) is 38.5 Å². The van der Waals surface area contributed by atoms with E-state index in [1.54, 1.807) is 5.70 Å². The van der Waals surface area contributed by atoms with Crippen LogP contribution in [0.25, 0.3) is 0 Å². The largest absolute Gasteiger partial charge is 0.297 e. The van der Waals surface area contributed by atoms with E-state index in [4.69, 9.17) is 0 Å². The van der Waals surface area contributed by atoms with Crippen LogP contribution in [0.5, 0.6) is 0 Å². The van der Waals surface area contributed by atoms with Gasteiger partial charge in [0.2, 0.25) is 0 Å². The Hall–Kier alpha value is 0.323. The SMILES string of the molecule is CC(C1CCCCC1)[N+](C)(C)C1=CC=CC1.[Zr]. The summed E-state index contributed by atoms with van der Waals surface area (Å²) in [6.45, 7) is 2.45. The maximum absolute atomic E-state index is 2.45. The molecule has 1 fully saturated rings. The van der Waals surface area contributed by atoms with Crippen molar-refractivity contribution in [3.63, 3.8) is 0 Å². The van der Waals surface area contributed by atoms with Crippen molar-refractivity contribution < 1.29 is 30.7 Å². The first-order chi connectivity index (χ1) is 7.62. The molecule has 2 heteroatoms. The minimum atomic E-state index is 0. The van der Waals surface area contributed by atoms with Gasteiger partial charge in [0.25, 0.3) is 0 Å².